The Morgan fingerprint density at radius 1 is 1.04 bits per heavy atom. The first-order valence-corrected chi connectivity index (χ1v) is 8.01. The highest BCUT2D eigenvalue weighted by Crippen LogP contribution is 2.27. The van der Waals surface area contributed by atoms with Crippen molar-refractivity contribution in [3.05, 3.63) is 42.1 Å². The molecule has 0 saturated heterocycles. The highest BCUT2D eigenvalue weighted by atomic mass is 16.5. The summed E-state index contributed by atoms with van der Waals surface area (Å²) in [5, 5.41) is 8.55. The zero-order valence-corrected chi connectivity index (χ0v) is 14.2. The number of hydrogen-bond acceptors (Lipinski definition) is 6. The van der Waals surface area contributed by atoms with E-state index in [0.717, 1.165) is 22.8 Å². The van der Waals surface area contributed by atoms with Gasteiger partial charge in [-0.2, -0.15) is 4.98 Å². The molecule has 3 heterocycles. The maximum atomic E-state index is 5.61. The molecule has 0 unspecified atom stereocenters. The van der Waals surface area contributed by atoms with Crippen LogP contribution >= 0.6 is 0 Å². The van der Waals surface area contributed by atoms with Crippen molar-refractivity contribution in [2.75, 3.05) is 13.7 Å². The van der Waals surface area contributed by atoms with E-state index in [1.54, 1.807) is 13.2 Å². The van der Waals surface area contributed by atoms with Crippen molar-refractivity contribution in [3.63, 3.8) is 0 Å². The van der Waals surface area contributed by atoms with Gasteiger partial charge in [0.1, 0.15) is 17.1 Å². The fourth-order valence-electron chi connectivity index (χ4n) is 2.81. The van der Waals surface area contributed by atoms with Crippen LogP contribution in [0.15, 0.2) is 36.4 Å². The lowest BCUT2D eigenvalue weighted by molar-refractivity contribution is 0.340. The van der Waals surface area contributed by atoms with Gasteiger partial charge in [-0.3, -0.25) is 4.40 Å². The standard InChI is InChI=1S/C18H17N5O2/c1-4-25-13-7-5-6-12(10-13)17-19-11(2)16-22-21-14-8-9-15(24-3)20-18(14)23(16)17/h5-10H,4H2,1-3H3. The number of hydrogen-bond donors (Lipinski definition) is 0. The molecule has 126 valence electrons. The van der Waals surface area contributed by atoms with E-state index < -0.39 is 0 Å². The Kier molecular flexibility index (Phi) is 3.68. The average molecular weight is 335 g/mol. The molecule has 4 rings (SSSR count). The zero-order valence-electron chi connectivity index (χ0n) is 14.2. The third kappa shape index (κ3) is 2.53. The summed E-state index contributed by atoms with van der Waals surface area (Å²) in [5.41, 5.74) is 3.71. The average Bonchev–Trinajstić information content (AvgIpc) is 2.99. The Bertz CT molecular complexity index is 1070. The largest absolute Gasteiger partial charge is 0.494 e. The fraction of sp³-hybridized carbons (Fsp3) is 0.222. The fourth-order valence-corrected chi connectivity index (χ4v) is 2.81. The minimum absolute atomic E-state index is 0.516. The second-order valence-electron chi connectivity index (χ2n) is 5.54. The lowest BCUT2D eigenvalue weighted by Gasteiger charge is -2.07. The molecular weight excluding hydrogens is 318 g/mol. The Morgan fingerprint density at radius 3 is 2.72 bits per heavy atom. The third-order valence-electron chi connectivity index (χ3n) is 3.93. The molecule has 1 aromatic carbocycles. The van der Waals surface area contributed by atoms with Gasteiger partial charge >= 0.3 is 0 Å². The summed E-state index contributed by atoms with van der Waals surface area (Å²) in [6.07, 6.45) is 0. The number of pyridine rings is 1. The van der Waals surface area contributed by atoms with Crippen molar-refractivity contribution in [3.8, 4) is 23.0 Å². The number of nitrogens with zero attached hydrogens (tertiary/aromatic N) is 5. The molecule has 0 bridgehead atoms. The van der Waals surface area contributed by atoms with Crippen molar-refractivity contribution in [2.45, 2.75) is 13.8 Å². The van der Waals surface area contributed by atoms with Crippen molar-refractivity contribution in [2.24, 2.45) is 0 Å². The molecule has 0 fully saturated rings. The maximum Gasteiger partial charge on any atom is 0.215 e. The molecule has 0 spiro atoms. The minimum atomic E-state index is 0.516. The van der Waals surface area contributed by atoms with Crippen LogP contribution in [0.2, 0.25) is 0 Å². The Hall–Kier alpha value is -3.22. The van der Waals surface area contributed by atoms with E-state index in [-0.39, 0.29) is 0 Å². The van der Waals surface area contributed by atoms with Gasteiger partial charge in [-0.1, -0.05) is 12.1 Å². The summed E-state index contributed by atoms with van der Waals surface area (Å²) in [5.74, 6) is 2.06. The van der Waals surface area contributed by atoms with Crippen LogP contribution in [0.3, 0.4) is 0 Å². The van der Waals surface area contributed by atoms with Gasteiger partial charge in [0.05, 0.1) is 19.4 Å². The smallest absolute Gasteiger partial charge is 0.215 e. The molecule has 0 N–H and O–H groups in total. The van der Waals surface area contributed by atoms with Gasteiger partial charge in [-0.15, -0.1) is 10.2 Å². The summed E-state index contributed by atoms with van der Waals surface area (Å²) in [4.78, 5) is 9.24. The van der Waals surface area contributed by atoms with Crippen LogP contribution in [-0.2, 0) is 0 Å². The van der Waals surface area contributed by atoms with Gasteiger partial charge < -0.3 is 9.47 Å². The van der Waals surface area contributed by atoms with Gasteiger partial charge in [-0.05, 0) is 32.0 Å². The molecule has 25 heavy (non-hydrogen) atoms. The van der Waals surface area contributed by atoms with Crippen LogP contribution in [0.1, 0.15) is 12.6 Å². The highest BCUT2D eigenvalue weighted by molar-refractivity contribution is 5.77. The summed E-state index contributed by atoms with van der Waals surface area (Å²) in [6.45, 7) is 4.48. The molecule has 0 aliphatic carbocycles. The second-order valence-corrected chi connectivity index (χ2v) is 5.54. The van der Waals surface area contributed by atoms with Gasteiger partial charge in [0.2, 0.25) is 5.88 Å². The van der Waals surface area contributed by atoms with E-state index in [4.69, 9.17) is 14.5 Å². The summed E-state index contributed by atoms with van der Waals surface area (Å²) < 4.78 is 12.8. The highest BCUT2D eigenvalue weighted by Gasteiger charge is 2.16. The quantitative estimate of drug-likeness (QED) is 0.571. The van der Waals surface area contributed by atoms with E-state index >= 15 is 0 Å². The normalized spacial score (nSPS) is 11.2. The molecule has 0 radical (unpaired) electrons. The molecule has 7 nitrogen and oxygen atoms in total. The first-order valence-electron chi connectivity index (χ1n) is 8.01. The molecule has 0 saturated carbocycles. The Morgan fingerprint density at radius 2 is 1.92 bits per heavy atom. The van der Waals surface area contributed by atoms with Crippen LogP contribution in [-0.4, -0.2) is 38.3 Å². The molecule has 4 aromatic rings. The number of fused-ring (bicyclic) bond motifs is 3. The second kappa shape index (κ2) is 6.01. The number of methoxy groups -OCH3 is 1. The molecule has 0 atom stereocenters. The van der Waals surface area contributed by atoms with Gasteiger partial charge in [0, 0.05) is 11.6 Å². The van der Waals surface area contributed by atoms with E-state index in [1.807, 2.05) is 48.6 Å². The zero-order chi connectivity index (χ0) is 17.4. The lowest BCUT2D eigenvalue weighted by atomic mass is 10.2. The maximum absolute atomic E-state index is 5.61. The summed E-state index contributed by atoms with van der Waals surface area (Å²) in [7, 11) is 1.59. The number of rotatable bonds is 4. The van der Waals surface area contributed by atoms with Gasteiger partial charge in [0.25, 0.3) is 0 Å². The van der Waals surface area contributed by atoms with E-state index in [9.17, 15) is 0 Å². The molecular formula is C18H17N5O2. The van der Waals surface area contributed by atoms with Crippen LogP contribution in [0.4, 0.5) is 0 Å². The molecule has 0 amide bonds. The molecule has 7 heteroatoms. The van der Waals surface area contributed by atoms with Crippen molar-refractivity contribution >= 4 is 16.8 Å². The van der Waals surface area contributed by atoms with Gasteiger partial charge in [-0.25, -0.2) is 4.98 Å². The van der Waals surface area contributed by atoms with Crippen molar-refractivity contribution in [1.82, 2.24) is 24.6 Å². The van der Waals surface area contributed by atoms with Gasteiger partial charge in [0.15, 0.2) is 11.3 Å². The predicted molar refractivity (Wildman–Crippen MR) is 94.0 cm³/mol. The van der Waals surface area contributed by atoms with Crippen LogP contribution in [0, 0.1) is 6.92 Å². The first kappa shape index (κ1) is 15.3. The number of imidazole rings is 1. The number of aryl methyl sites for hydroxylation is 1. The summed E-state index contributed by atoms with van der Waals surface area (Å²) >= 11 is 0. The molecule has 0 aliphatic heterocycles. The number of benzene rings is 1. The topological polar surface area (TPSA) is 74.4 Å². The lowest BCUT2D eigenvalue weighted by Crippen LogP contribution is -2.00. The SMILES string of the molecule is CCOc1cccc(-c2nc(C)c3nnc4ccc(OC)nc4n23)c1. The van der Waals surface area contributed by atoms with Crippen molar-refractivity contribution < 1.29 is 9.47 Å². The molecule has 0 aliphatic rings. The van der Waals surface area contributed by atoms with E-state index in [2.05, 4.69) is 15.2 Å². The molecule has 3 aromatic heterocycles. The Balaban J connectivity index is 2.03. The van der Waals surface area contributed by atoms with E-state index in [0.29, 0.717) is 29.3 Å². The van der Waals surface area contributed by atoms with Crippen LogP contribution in [0.5, 0.6) is 11.6 Å². The number of aromatic nitrogens is 5. The van der Waals surface area contributed by atoms with Crippen molar-refractivity contribution in [1.29, 1.82) is 0 Å². The monoisotopic (exact) mass is 335 g/mol. The van der Waals surface area contributed by atoms with Crippen LogP contribution < -0.4 is 9.47 Å². The Labute approximate surface area is 144 Å². The minimum Gasteiger partial charge on any atom is -0.494 e. The van der Waals surface area contributed by atoms with Crippen LogP contribution in [0.25, 0.3) is 28.2 Å². The first-order chi connectivity index (χ1) is 12.2. The number of ether oxygens (including phenoxy) is 2. The third-order valence-corrected chi connectivity index (χ3v) is 3.93. The predicted octanol–water partition coefficient (Wildman–Crippen LogP) is 3.06. The summed E-state index contributed by atoms with van der Waals surface area (Å²) in [6, 6.07) is 11.4. The van der Waals surface area contributed by atoms with E-state index in [1.165, 1.54) is 0 Å².